The first-order valence-electron chi connectivity index (χ1n) is 39.1. The van der Waals surface area contributed by atoms with E-state index in [-0.39, 0.29) is 25.7 Å². The Morgan fingerprint density at radius 1 is 0.287 bits per heavy atom. The van der Waals surface area contributed by atoms with Crippen molar-refractivity contribution in [1.29, 1.82) is 0 Å². The molecule has 0 aromatic heterocycles. The summed E-state index contributed by atoms with van der Waals surface area (Å²) in [5.41, 5.74) is 0. The topological polar surface area (TPSA) is 237 Å². The molecule has 0 aliphatic rings. The van der Waals surface area contributed by atoms with Crippen LogP contribution in [0.25, 0.3) is 0 Å². The number of carbonyl (C=O) groups excluding carboxylic acids is 4. The first-order chi connectivity index (χ1) is 45.5. The zero-order valence-corrected chi connectivity index (χ0v) is 62.9. The molecule has 558 valence electrons. The second-order valence-electron chi connectivity index (χ2n) is 27.5. The van der Waals surface area contributed by atoms with Crippen molar-refractivity contribution in [2.24, 2.45) is 5.92 Å². The summed E-state index contributed by atoms with van der Waals surface area (Å²) in [6.07, 6.45) is 56.7. The monoisotopic (exact) mass is 1380 g/mol. The molecule has 0 aromatic carbocycles. The smallest absolute Gasteiger partial charge is 0.462 e. The molecule has 0 aromatic rings. The summed E-state index contributed by atoms with van der Waals surface area (Å²) in [4.78, 5) is 72.8. The quantitative estimate of drug-likeness (QED) is 0.0222. The molecule has 0 spiro atoms. The van der Waals surface area contributed by atoms with Crippen LogP contribution in [0.5, 0.6) is 0 Å². The lowest BCUT2D eigenvalue weighted by Crippen LogP contribution is -2.30. The highest BCUT2D eigenvalue weighted by Gasteiger charge is 2.30. The Morgan fingerprint density at radius 2 is 0.489 bits per heavy atom. The van der Waals surface area contributed by atoms with Crippen LogP contribution in [0.4, 0.5) is 0 Å². The molecule has 0 saturated carbocycles. The van der Waals surface area contributed by atoms with Gasteiger partial charge in [-0.25, -0.2) is 9.13 Å². The maximum atomic E-state index is 13.1. The zero-order valence-electron chi connectivity index (χ0n) is 61.1. The molecule has 0 radical (unpaired) electrons. The van der Waals surface area contributed by atoms with E-state index in [0.29, 0.717) is 25.7 Å². The highest BCUT2D eigenvalue weighted by molar-refractivity contribution is 7.47. The number of aliphatic hydroxyl groups is 1. The molecule has 94 heavy (non-hydrogen) atoms. The minimum absolute atomic E-state index is 0.108. The minimum atomic E-state index is -4.96. The number of ether oxygens (including phenoxy) is 4. The predicted molar refractivity (Wildman–Crippen MR) is 382 cm³/mol. The molecule has 0 heterocycles. The van der Waals surface area contributed by atoms with E-state index in [2.05, 4.69) is 34.6 Å². The first kappa shape index (κ1) is 92.1. The van der Waals surface area contributed by atoms with Crippen molar-refractivity contribution in [3.8, 4) is 0 Å². The number of esters is 4. The Hall–Kier alpha value is -1.94. The van der Waals surface area contributed by atoms with Crippen LogP contribution in [-0.4, -0.2) is 96.7 Å². The van der Waals surface area contributed by atoms with Gasteiger partial charge in [0.15, 0.2) is 12.2 Å². The van der Waals surface area contributed by atoms with E-state index >= 15 is 0 Å². The summed E-state index contributed by atoms with van der Waals surface area (Å²) in [6, 6.07) is 0. The van der Waals surface area contributed by atoms with Crippen molar-refractivity contribution in [3.05, 3.63) is 0 Å². The molecule has 3 N–H and O–H groups in total. The molecule has 0 aliphatic carbocycles. The van der Waals surface area contributed by atoms with Crippen molar-refractivity contribution < 1.29 is 80.2 Å². The van der Waals surface area contributed by atoms with Gasteiger partial charge in [-0.15, -0.1) is 0 Å². The van der Waals surface area contributed by atoms with Gasteiger partial charge in [0.1, 0.15) is 19.3 Å². The summed E-state index contributed by atoms with van der Waals surface area (Å²) >= 11 is 0. The highest BCUT2D eigenvalue weighted by atomic mass is 31.2. The largest absolute Gasteiger partial charge is 0.472 e. The summed E-state index contributed by atoms with van der Waals surface area (Å²) < 4.78 is 68.5. The number of carbonyl (C=O) groups is 4. The van der Waals surface area contributed by atoms with Gasteiger partial charge in [0.05, 0.1) is 26.4 Å². The normalized spacial score (nSPS) is 14.0. The maximum Gasteiger partial charge on any atom is 0.472 e. The molecular weight excluding hydrogens is 1230 g/mol. The van der Waals surface area contributed by atoms with Gasteiger partial charge in [-0.2, -0.15) is 0 Å². The van der Waals surface area contributed by atoms with Gasteiger partial charge in [-0.05, 0) is 31.6 Å². The Labute approximate surface area is 575 Å². The number of rotatable bonds is 75. The van der Waals surface area contributed by atoms with Crippen molar-refractivity contribution >= 4 is 39.5 Å². The van der Waals surface area contributed by atoms with E-state index in [9.17, 15) is 43.2 Å². The molecule has 0 saturated heterocycles. The lowest BCUT2D eigenvalue weighted by molar-refractivity contribution is -0.161. The lowest BCUT2D eigenvalue weighted by Gasteiger charge is -2.21. The van der Waals surface area contributed by atoms with Gasteiger partial charge >= 0.3 is 39.5 Å². The molecule has 2 unspecified atom stereocenters. The molecule has 0 fully saturated rings. The Kier molecular flexibility index (Phi) is 66.8. The van der Waals surface area contributed by atoms with Gasteiger partial charge in [0, 0.05) is 25.7 Å². The molecule has 0 aliphatic heterocycles. The second kappa shape index (κ2) is 68.2. The van der Waals surface area contributed by atoms with Crippen LogP contribution in [0.2, 0.25) is 0 Å². The summed E-state index contributed by atoms with van der Waals surface area (Å²) in [5.74, 6) is -1.34. The highest BCUT2D eigenvalue weighted by Crippen LogP contribution is 2.45. The van der Waals surface area contributed by atoms with Crippen LogP contribution in [0.1, 0.15) is 394 Å². The van der Waals surface area contributed by atoms with Gasteiger partial charge in [0.25, 0.3) is 0 Å². The summed E-state index contributed by atoms with van der Waals surface area (Å²) in [5, 5.41) is 10.6. The number of aliphatic hydroxyl groups excluding tert-OH is 1. The number of phosphoric ester groups is 2. The third-order valence-electron chi connectivity index (χ3n) is 17.5. The summed E-state index contributed by atoms with van der Waals surface area (Å²) in [7, 11) is -9.91. The van der Waals surface area contributed by atoms with Gasteiger partial charge < -0.3 is 33.8 Å². The average molecular weight is 1380 g/mol. The van der Waals surface area contributed by atoms with Crippen molar-refractivity contribution in [2.45, 2.75) is 412 Å². The average Bonchev–Trinajstić information content (AvgIpc) is 3.16. The van der Waals surface area contributed by atoms with E-state index in [0.717, 1.165) is 95.8 Å². The van der Waals surface area contributed by atoms with Crippen LogP contribution < -0.4 is 0 Å². The van der Waals surface area contributed by atoms with Crippen molar-refractivity contribution in [2.75, 3.05) is 39.6 Å². The summed E-state index contributed by atoms with van der Waals surface area (Å²) in [6.45, 7) is 7.29. The van der Waals surface area contributed by atoms with E-state index in [4.69, 9.17) is 37.0 Å². The molecule has 0 bridgehead atoms. The van der Waals surface area contributed by atoms with E-state index in [1.54, 1.807) is 0 Å². The second-order valence-corrected chi connectivity index (χ2v) is 30.4. The standard InChI is InChI=1S/C75H146O17P2/c1-6-9-12-15-18-21-24-26-27-28-29-31-35-41-46-51-56-61-75(80)92-71(65-86-73(78)59-54-49-44-39-36-32-33-37-42-47-52-57-68(4)5)67-90-94(83,84)88-63-69(76)62-87-93(81,82)89-66-70(64-85-72(77)58-53-48-43-38-23-20-17-14-11-8-3)91-74(79)60-55-50-45-40-34-30-25-22-19-16-13-10-7-2/h68-71,76H,6-67H2,1-5H3,(H,81,82)(H,83,84)/t69-,70+,71+/m0/s1. The van der Waals surface area contributed by atoms with Crippen LogP contribution in [-0.2, 0) is 65.4 Å². The zero-order chi connectivity index (χ0) is 69.1. The number of unbranched alkanes of at least 4 members (excludes halogenated alkanes) is 47. The molecule has 17 nitrogen and oxygen atoms in total. The predicted octanol–water partition coefficient (Wildman–Crippen LogP) is 22.1. The molecule has 5 atom stereocenters. The van der Waals surface area contributed by atoms with Crippen LogP contribution in [0.15, 0.2) is 0 Å². The fourth-order valence-electron chi connectivity index (χ4n) is 11.5. The minimum Gasteiger partial charge on any atom is -0.462 e. The number of hydrogen-bond donors (Lipinski definition) is 3. The third kappa shape index (κ3) is 68.6. The van der Waals surface area contributed by atoms with Crippen LogP contribution in [0, 0.1) is 5.92 Å². The molecule has 19 heteroatoms. The van der Waals surface area contributed by atoms with Gasteiger partial charge in [-0.3, -0.25) is 37.3 Å². The van der Waals surface area contributed by atoms with Crippen molar-refractivity contribution in [1.82, 2.24) is 0 Å². The Bertz CT molecular complexity index is 1810. The molecule has 0 rings (SSSR count). The van der Waals surface area contributed by atoms with Gasteiger partial charge in [0.2, 0.25) is 0 Å². The van der Waals surface area contributed by atoms with E-state index < -0.39 is 97.5 Å². The Morgan fingerprint density at radius 3 is 0.723 bits per heavy atom. The fourth-order valence-corrected chi connectivity index (χ4v) is 13.1. The van der Waals surface area contributed by atoms with E-state index in [1.807, 2.05) is 0 Å². The van der Waals surface area contributed by atoms with Gasteiger partial charge in [-0.1, -0.05) is 343 Å². The molecule has 0 amide bonds. The van der Waals surface area contributed by atoms with Crippen LogP contribution in [0.3, 0.4) is 0 Å². The fraction of sp³-hybridized carbons (Fsp3) is 0.947. The SMILES string of the molecule is CCCCCCCCCCCCCCCCCCCC(=O)O[C@H](COC(=O)CCCCCCCCCCCCCC(C)C)COP(=O)(O)OC[C@@H](O)COP(=O)(O)OC[C@@H](COC(=O)CCCCCCCCCCCC)OC(=O)CCCCCCCCCCCCCCC. The lowest BCUT2D eigenvalue weighted by atomic mass is 10.0. The maximum absolute atomic E-state index is 13.1. The van der Waals surface area contributed by atoms with E-state index in [1.165, 1.54) is 218 Å². The molecular formula is C75H146O17P2. The van der Waals surface area contributed by atoms with Crippen molar-refractivity contribution in [3.63, 3.8) is 0 Å². The third-order valence-corrected chi connectivity index (χ3v) is 19.4. The first-order valence-corrected chi connectivity index (χ1v) is 42.1. The number of hydrogen-bond acceptors (Lipinski definition) is 15. The number of phosphoric acid groups is 2. The Balaban J connectivity index is 5.24. The van der Waals surface area contributed by atoms with Crippen LogP contribution >= 0.6 is 15.6 Å².